The Morgan fingerprint density at radius 1 is 0.773 bits per heavy atom. The zero-order chi connectivity index (χ0) is 15.7. The summed E-state index contributed by atoms with van der Waals surface area (Å²) in [5, 5.41) is 9.04. The minimum Gasteiger partial charge on any atom is -0.391 e. The monoisotopic (exact) mass is 330 g/mol. The van der Waals surface area contributed by atoms with E-state index in [1.54, 1.807) is 0 Å². The summed E-state index contributed by atoms with van der Waals surface area (Å²) in [5.41, 5.74) is 0. The quantitative estimate of drug-likeness (QED) is 0.678. The van der Waals surface area contributed by atoms with E-state index in [0.717, 1.165) is 24.2 Å². The van der Waals surface area contributed by atoms with Crippen molar-refractivity contribution in [3.8, 4) is 0 Å². The lowest BCUT2D eigenvalue weighted by molar-refractivity contribution is 0.0139. The van der Waals surface area contributed by atoms with E-state index in [2.05, 4.69) is 6.92 Å². The Morgan fingerprint density at radius 3 is 1.86 bits per heavy atom. The van der Waals surface area contributed by atoms with Crippen LogP contribution >= 0.6 is 11.6 Å². The molecule has 22 heavy (non-hydrogen) atoms. The van der Waals surface area contributed by atoms with E-state index in [0.29, 0.717) is 12.3 Å². The Bertz CT molecular complexity index is 347. The van der Waals surface area contributed by atoms with Crippen molar-refractivity contribution in [1.82, 2.24) is 0 Å². The smallest absolute Gasteiger partial charge is 0.122 e. The standard InChI is InChI=1S/C19H32ClFO/c1-12-2-4-13(5-3-12)14-6-8-15(9-7-14)16-10-11-17(22)18(20)19(16)21/h12-19,22H,2-11H2,1H3. The maximum atomic E-state index is 14.5. The molecule has 1 N–H and O–H groups in total. The molecule has 3 saturated carbocycles. The summed E-state index contributed by atoms with van der Waals surface area (Å²) in [6.07, 6.45) is 10.5. The van der Waals surface area contributed by atoms with Crippen LogP contribution in [-0.2, 0) is 0 Å². The van der Waals surface area contributed by atoms with Crippen molar-refractivity contribution in [1.29, 1.82) is 0 Å². The van der Waals surface area contributed by atoms with Crippen molar-refractivity contribution < 1.29 is 9.50 Å². The molecule has 0 aromatic carbocycles. The highest BCUT2D eigenvalue weighted by atomic mass is 35.5. The second-order valence-corrected chi connectivity index (χ2v) is 8.90. The first-order chi connectivity index (χ1) is 10.6. The summed E-state index contributed by atoms with van der Waals surface area (Å²) in [7, 11) is 0. The maximum Gasteiger partial charge on any atom is 0.122 e. The van der Waals surface area contributed by atoms with Crippen molar-refractivity contribution in [2.75, 3.05) is 0 Å². The molecule has 0 saturated heterocycles. The Morgan fingerprint density at radius 2 is 1.27 bits per heavy atom. The van der Waals surface area contributed by atoms with Gasteiger partial charge in [-0.1, -0.05) is 19.8 Å². The SMILES string of the molecule is CC1CCC(C2CCC(C3CCC(O)C(Cl)C3F)CC2)CC1. The van der Waals surface area contributed by atoms with E-state index < -0.39 is 17.7 Å². The lowest BCUT2D eigenvalue weighted by Gasteiger charge is -2.43. The topological polar surface area (TPSA) is 20.2 Å². The molecule has 0 radical (unpaired) electrons. The summed E-state index contributed by atoms with van der Waals surface area (Å²) in [5.74, 6) is 3.35. The maximum absolute atomic E-state index is 14.5. The van der Waals surface area contributed by atoms with Crippen LogP contribution in [0.4, 0.5) is 4.39 Å². The van der Waals surface area contributed by atoms with Crippen molar-refractivity contribution in [3.05, 3.63) is 0 Å². The van der Waals surface area contributed by atoms with Gasteiger partial charge in [0.2, 0.25) is 0 Å². The first kappa shape index (κ1) is 17.0. The molecule has 3 fully saturated rings. The fourth-order valence-electron chi connectivity index (χ4n) is 5.43. The zero-order valence-corrected chi connectivity index (χ0v) is 14.6. The molecular formula is C19H32ClFO. The molecule has 3 rings (SSSR count). The lowest BCUT2D eigenvalue weighted by Crippen LogP contribution is -2.44. The summed E-state index contributed by atoms with van der Waals surface area (Å²) in [4.78, 5) is 0. The molecule has 0 aromatic rings. The second-order valence-electron chi connectivity index (χ2n) is 8.39. The minimum atomic E-state index is -1.01. The predicted octanol–water partition coefficient (Wildman–Crippen LogP) is 5.34. The van der Waals surface area contributed by atoms with Crippen LogP contribution < -0.4 is 0 Å². The third-order valence-corrected chi connectivity index (χ3v) is 7.56. The first-order valence-electron chi connectivity index (χ1n) is 9.52. The van der Waals surface area contributed by atoms with Crippen molar-refractivity contribution in [2.45, 2.75) is 88.8 Å². The summed E-state index contributed by atoms with van der Waals surface area (Å²) >= 11 is 6.07. The zero-order valence-electron chi connectivity index (χ0n) is 13.9. The highest BCUT2D eigenvalue weighted by Crippen LogP contribution is 2.46. The number of aliphatic hydroxyl groups excluding tert-OH is 1. The van der Waals surface area contributed by atoms with Crippen LogP contribution in [0.25, 0.3) is 0 Å². The molecule has 1 nitrogen and oxygen atoms in total. The molecular weight excluding hydrogens is 299 g/mol. The van der Waals surface area contributed by atoms with E-state index in [4.69, 9.17) is 11.6 Å². The average Bonchev–Trinajstić information content (AvgIpc) is 2.54. The Labute approximate surface area is 140 Å². The first-order valence-corrected chi connectivity index (χ1v) is 9.96. The van der Waals surface area contributed by atoms with Crippen LogP contribution in [0.5, 0.6) is 0 Å². The fourth-order valence-corrected chi connectivity index (χ4v) is 5.74. The van der Waals surface area contributed by atoms with E-state index in [9.17, 15) is 9.50 Å². The molecule has 4 atom stereocenters. The largest absolute Gasteiger partial charge is 0.391 e. The summed E-state index contributed by atoms with van der Waals surface area (Å²) < 4.78 is 14.5. The van der Waals surface area contributed by atoms with Gasteiger partial charge in [-0.15, -0.1) is 11.6 Å². The number of hydrogen-bond donors (Lipinski definition) is 1. The summed E-state index contributed by atoms with van der Waals surface area (Å²) in [6, 6.07) is 0. The molecule has 0 aromatic heterocycles. The molecule has 3 aliphatic carbocycles. The second kappa shape index (κ2) is 7.38. The van der Waals surface area contributed by atoms with Crippen molar-refractivity contribution in [3.63, 3.8) is 0 Å². The number of alkyl halides is 2. The third kappa shape index (κ3) is 3.64. The molecule has 0 heterocycles. The van der Waals surface area contributed by atoms with E-state index in [1.165, 1.54) is 51.4 Å². The van der Waals surface area contributed by atoms with Crippen LogP contribution in [0.15, 0.2) is 0 Å². The Balaban J connectivity index is 1.49. The van der Waals surface area contributed by atoms with Gasteiger partial charge in [-0.25, -0.2) is 4.39 Å². The normalized spacial score (nSPS) is 50.7. The molecule has 128 valence electrons. The lowest BCUT2D eigenvalue weighted by atomic mass is 9.65. The van der Waals surface area contributed by atoms with Gasteiger partial charge in [0.15, 0.2) is 0 Å². The Kier molecular flexibility index (Phi) is 5.71. The molecule has 4 unspecified atom stereocenters. The molecule has 0 bridgehead atoms. The van der Waals surface area contributed by atoms with Crippen LogP contribution in [0.3, 0.4) is 0 Å². The van der Waals surface area contributed by atoms with E-state index in [-0.39, 0.29) is 5.92 Å². The number of rotatable bonds is 2. The fraction of sp³-hybridized carbons (Fsp3) is 1.00. The minimum absolute atomic E-state index is 0.0956. The van der Waals surface area contributed by atoms with Crippen LogP contribution in [0.2, 0.25) is 0 Å². The van der Waals surface area contributed by atoms with Crippen molar-refractivity contribution in [2.24, 2.45) is 29.6 Å². The average molecular weight is 331 g/mol. The van der Waals surface area contributed by atoms with Gasteiger partial charge in [-0.2, -0.15) is 0 Å². The third-order valence-electron chi connectivity index (χ3n) is 7.03. The van der Waals surface area contributed by atoms with Gasteiger partial charge in [0.25, 0.3) is 0 Å². The van der Waals surface area contributed by atoms with E-state index in [1.807, 2.05) is 0 Å². The van der Waals surface area contributed by atoms with Gasteiger partial charge in [0.05, 0.1) is 11.5 Å². The highest BCUT2D eigenvalue weighted by Gasteiger charge is 2.43. The number of aliphatic hydroxyl groups is 1. The predicted molar refractivity (Wildman–Crippen MR) is 89.8 cm³/mol. The molecule has 3 heteroatoms. The van der Waals surface area contributed by atoms with Crippen LogP contribution in [0.1, 0.15) is 71.1 Å². The Hall–Kier alpha value is 0.180. The van der Waals surface area contributed by atoms with Gasteiger partial charge >= 0.3 is 0 Å². The van der Waals surface area contributed by atoms with Gasteiger partial charge < -0.3 is 5.11 Å². The molecule has 3 aliphatic rings. The molecule has 0 spiro atoms. The van der Waals surface area contributed by atoms with Crippen LogP contribution in [-0.4, -0.2) is 22.8 Å². The number of halogens is 2. The van der Waals surface area contributed by atoms with Crippen molar-refractivity contribution >= 4 is 11.6 Å². The highest BCUT2D eigenvalue weighted by molar-refractivity contribution is 6.21. The van der Waals surface area contributed by atoms with Gasteiger partial charge in [-0.3, -0.25) is 0 Å². The van der Waals surface area contributed by atoms with E-state index >= 15 is 0 Å². The van der Waals surface area contributed by atoms with Crippen LogP contribution in [0, 0.1) is 29.6 Å². The molecule has 0 aliphatic heterocycles. The van der Waals surface area contributed by atoms with Gasteiger partial charge in [-0.05, 0) is 81.0 Å². The molecule has 0 amide bonds. The number of hydrogen-bond acceptors (Lipinski definition) is 1. The van der Waals surface area contributed by atoms with Gasteiger partial charge in [0.1, 0.15) is 6.17 Å². The van der Waals surface area contributed by atoms with Gasteiger partial charge in [0, 0.05) is 0 Å². The summed E-state index contributed by atoms with van der Waals surface area (Å²) in [6.45, 7) is 2.38.